The minimum atomic E-state index is -0.937. The summed E-state index contributed by atoms with van der Waals surface area (Å²) in [6.45, 7) is 0.126. The molecular weight excluding hydrogens is 264 g/mol. The lowest BCUT2D eigenvalue weighted by molar-refractivity contribution is 0.506. The molecule has 6 heteroatoms. The lowest BCUT2D eigenvalue weighted by Crippen LogP contribution is -2.21. The van der Waals surface area contributed by atoms with Gasteiger partial charge in [-0.05, 0) is 23.8 Å². The van der Waals surface area contributed by atoms with Crippen molar-refractivity contribution in [1.29, 1.82) is 0 Å². The van der Waals surface area contributed by atoms with Crippen LogP contribution in [0, 0.1) is 11.6 Å². The van der Waals surface area contributed by atoms with Gasteiger partial charge in [-0.2, -0.15) is 0 Å². The second-order valence-corrected chi connectivity index (χ2v) is 4.32. The van der Waals surface area contributed by atoms with Crippen molar-refractivity contribution in [1.82, 2.24) is 14.5 Å². The van der Waals surface area contributed by atoms with Crippen molar-refractivity contribution >= 4 is 10.9 Å². The van der Waals surface area contributed by atoms with Gasteiger partial charge in [0.25, 0.3) is 5.56 Å². The largest absolute Gasteiger partial charge is 0.294 e. The van der Waals surface area contributed by atoms with Gasteiger partial charge in [-0.15, -0.1) is 0 Å². The van der Waals surface area contributed by atoms with Gasteiger partial charge in [0, 0.05) is 6.20 Å². The standard InChI is InChI=1S/C14H9F2N3O/c15-11-2-1-9(5-12(11)16)7-19-8-18-13-6-17-4-3-10(13)14(19)20/h1-6,8H,7H2. The first-order valence-electron chi connectivity index (χ1n) is 5.88. The van der Waals surface area contributed by atoms with Crippen LogP contribution in [0.2, 0.25) is 0 Å². The number of halogens is 2. The normalized spacial score (nSPS) is 10.9. The van der Waals surface area contributed by atoms with E-state index in [2.05, 4.69) is 9.97 Å². The fourth-order valence-corrected chi connectivity index (χ4v) is 1.96. The van der Waals surface area contributed by atoms with Crippen LogP contribution < -0.4 is 5.56 Å². The highest BCUT2D eigenvalue weighted by molar-refractivity contribution is 5.75. The Labute approximate surface area is 112 Å². The molecule has 3 aromatic rings. The van der Waals surface area contributed by atoms with Gasteiger partial charge in [0.1, 0.15) is 0 Å². The number of aromatic nitrogens is 3. The smallest absolute Gasteiger partial charge is 0.261 e. The maximum Gasteiger partial charge on any atom is 0.261 e. The Morgan fingerprint density at radius 1 is 1.15 bits per heavy atom. The van der Waals surface area contributed by atoms with Crippen molar-refractivity contribution in [3.63, 3.8) is 0 Å². The maximum atomic E-state index is 13.1. The Hall–Kier alpha value is -2.63. The van der Waals surface area contributed by atoms with E-state index in [0.717, 1.165) is 12.1 Å². The molecule has 0 saturated carbocycles. The zero-order valence-electron chi connectivity index (χ0n) is 10.3. The second-order valence-electron chi connectivity index (χ2n) is 4.32. The van der Waals surface area contributed by atoms with Crippen LogP contribution in [0.25, 0.3) is 10.9 Å². The number of nitrogens with zero attached hydrogens (tertiary/aromatic N) is 3. The number of benzene rings is 1. The quantitative estimate of drug-likeness (QED) is 0.718. The van der Waals surface area contributed by atoms with Gasteiger partial charge in [0.2, 0.25) is 0 Å². The van der Waals surface area contributed by atoms with E-state index in [1.807, 2.05) is 0 Å². The summed E-state index contributed by atoms with van der Waals surface area (Å²) in [5.41, 5.74) is 0.738. The van der Waals surface area contributed by atoms with E-state index in [9.17, 15) is 13.6 Å². The summed E-state index contributed by atoms with van der Waals surface area (Å²) >= 11 is 0. The number of hydrogen-bond acceptors (Lipinski definition) is 3. The van der Waals surface area contributed by atoms with Crippen LogP contribution in [0.1, 0.15) is 5.56 Å². The van der Waals surface area contributed by atoms with Gasteiger partial charge in [-0.25, -0.2) is 13.8 Å². The molecule has 2 heterocycles. The summed E-state index contributed by atoms with van der Waals surface area (Å²) in [6, 6.07) is 5.11. The van der Waals surface area contributed by atoms with Crippen molar-refractivity contribution in [2.45, 2.75) is 6.54 Å². The molecule has 0 bridgehead atoms. The molecule has 4 nitrogen and oxygen atoms in total. The van der Waals surface area contributed by atoms with Crippen molar-refractivity contribution < 1.29 is 8.78 Å². The molecule has 20 heavy (non-hydrogen) atoms. The van der Waals surface area contributed by atoms with Crippen LogP contribution in [0.15, 0.2) is 47.8 Å². The molecule has 0 amide bonds. The minimum absolute atomic E-state index is 0.126. The molecule has 0 aliphatic carbocycles. The first-order chi connectivity index (χ1) is 9.65. The highest BCUT2D eigenvalue weighted by Gasteiger charge is 2.06. The van der Waals surface area contributed by atoms with Crippen molar-refractivity contribution in [2.75, 3.05) is 0 Å². The Morgan fingerprint density at radius 3 is 2.80 bits per heavy atom. The maximum absolute atomic E-state index is 13.1. The third kappa shape index (κ3) is 2.16. The fourth-order valence-electron chi connectivity index (χ4n) is 1.96. The molecular formula is C14H9F2N3O. The zero-order valence-corrected chi connectivity index (χ0v) is 10.3. The number of pyridine rings is 1. The Kier molecular flexibility index (Phi) is 2.98. The van der Waals surface area contributed by atoms with E-state index < -0.39 is 11.6 Å². The number of fused-ring (bicyclic) bond motifs is 1. The molecule has 0 spiro atoms. The summed E-state index contributed by atoms with van der Waals surface area (Å²) in [7, 11) is 0. The van der Waals surface area contributed by atoms with E-state index in [-0.39, 0.29) is 12.1 Å². The monoisotopic (exact) mass is 273 g/mol. The number of hydrogen-bond donors (Lipinski definition) is 0. The number of rotatable bonds is 2. The third-order valence-electron chi connectivity index (χ3n) is 2.96. The molecule has 0 saturated heterocycles. The van der Waals surface area contributed by atoms with Crippen LogP contribution in [0.3, 0.4) is 0 Å². The van der Waals surface area contributed by atoms with Gasteiger partial charge in [0.15, 0.2) is 11.6 Å². The molecule has 0 fully saturated rings. The van der Waals surface area contributed by atoms with Crippen LogP contribution in [-0.4, -0.2) is 14.5 Å². The highest BCUT2D eigenvalue weighted by Crippen LogP contribution is 2.10. The molecule has 0 atom stereocenters. The van der Waals surface area contributed by atoms with E-state index >= 15 is 0 Å². The summed E-state index contributed by atoms with van der Waals surface area (Å²) in [5.74, 6) is -1.85. The van der Waals surface area contributed by atoms with Crippen LogP contribution in [0.4, 0.5) is 8.78 Å². The van der Waals surface area contributed by atoms with Gasteiger partial charge < -0.3 is 0 Å². The summed E-state index contributed by atoms with van der Waals surface area (Å²) in [4.78, 5) is 20.2. The van der Waals surface area contributed by atoms with Crippen molar-refractivity contribution in [2.24, 2.45) is 0 Å². The average Bonchev–Trinajstić information content (AvgIpc) is 2.46. The molecule has 0 radical (unpaired) electrons. The second kappa shape index (κ2) is 4.80. The lowest BCUT2D eigenvalue weighted by Gasteiger charge is -2.06. The van der Waals surface area contributed by atoms with Crippen LogP contribution >= 0.6 is 0 Å². The summed E-state index contributed by atoms with van der Waals surface area (Å²) in [6.07, 6.45) is 4.37. The Morgan fingerprint density at radius 2 is 2.00 bits per heavy atom. The Bertz CT molecular complexity index is 845. The van der Waals surface area contributed by atoms with E-state index in [4.69, 9.17) is 0 Å². The third-order valence-corrected chi connectivity index (χ3v) is 2.96. The van der Waals surface area contributed by atoms with E-state index in [0.29, 0.717) is 16.5 Å². The zero-order chi connectivity index (χ0) is 14.1. The molecule has 1 aromatic carbocycles. The first-order valence-corrected chi connectivity index (χ1v) is 5.88. The van der Waals surface area contributed by atoms with Gasteiger partial charge in [-0.1, -0.05) is 6.07 Å². The topological polar surface area (TPSA) is 47.8 Å². The summed E-state index contributed by atoms with van der Waals surface area (Å²) in [5, 5.41) is 0.435. The van der Waals surface area contributed by atoms with Gasteiger partial charge in [0.05, 0.1) is 30.0 Å². The summed E-state index contributed by atoms with van der Waals surface area (Å²) < 4.78 is 27.4. The SMILES string of the molecule is O=c1c2ccncc2ncn1Cc1ccc(F)c(F)c1. The Balaban J connectivity index is 2.04. The average molecular weight is 273 g/mol. The predicted molar refractivity (Wildman–Crippen MR) is 69.3 cm³/mol. The molecule has 0 aliphatic heterocycles. The van der Waals surface area contributed by atoms with Crippen LogP contribution in [-0.2, 0) is 6.54 Å². The molecule has 2 aromatic heterocycles. The fraction of sp³-hybridized carbons (Fsp3) is 0.0714. The van der Waals surface area contributed by atoms with Crippen molar-refractivity contribution in [3.05, 3.63) is 70.5 Å². The van der Waals surface area contributed by atoms with Gasteiger partial charge in [-0.3, -0.25) is 14.3 Å². The molecule has 0 unspecified atom stereocenters. The molecule has 0 aliphatic rings. The van der Waals surface area contributed by atoms with E-state index in [1.165, 1.54) is 29.4 Å². The molecule has 0 N–H and O–H groups in total. The predicted octanol–water partition coefficient (Wildman–Crippen LogP) is 2.12. The molecule has 100 valence electrons. The van der Waals surface area contributed by atoms with Gasteiger partial charge >= 0.3 is 0 Å². The highest BCUT2D eigenvalue weighted by atomic mass is 19.2. The molecule has 3 rings (SSSR count). The lowest BCUT2D eigenvalue weighted by atomic mass is 10.2. The minimum Gasteiger partial charge on any atom is -0.294 e. The van der Waals surface area contributed by atoms with Crippen LogP contribution in [0.5, 0.6) is 0 Å². The first kappa shape index (κ1) is 12.4. The van der Waals surface area contributed by atoms with Crippen molar-refractivity contribution in [3.8, 4) is 0 Å². The van der Waals surface area contributed by atoms with E-state index in [1.54, 1.807) is 6.07 Å².